The fourth-order valence-electron chi connectivity index (χ4n) is 1.68. The second-order valence-electron chi connectivity index (χ2n) is 3.63. The predicted octanol–water partition coefficient (Wildman–Crippen LogP) is 2.81. The summed E-state index contributed by atoms with van der Waals surface area (Å²) in [7, 11) is 0. The summed E-state index contributed by atoms with van der Waals surface area (Å²) >= 11 is 0. The summed E-state index contributed by atoms with van der Waals surface area (Å²) in [5.41, 5.74) is 7.75. The molecule has 3 heteroatoms. The zero-order chi connectivity index (χ0) is 11.4. The highest BCUT2D eigenvalue weighted by Crippen LogP contribution is 2.27. The maximum atomic E-state index is 5.90. The molecule has 0 saturated carbocycles. The van der Waals surface area contributed by atoms with Crippen LogP contribution >= 0.6 is 0 Å². The van der Waals surface area contributed by atoms with Crippen molar-refractivity contribution in [1.29, 1.82) is 0 Å². The van der Waals surface area contributed by atoms with E-state index in [0.29, 0.717) is 0 Å². The molecule has 0 bridgehead atoms. The molecule has 0 saturated heterocycles. The first-order valence-corrected chi connectivity index (χ1v) is 5.30. The molecule has 82 valence electrons. The zero-order valence-electron chi connectivity index (χ0n) is 9.11. The first-order valence-electron chi connectivity index (χ1n) is 5.30. The summed E-state index contributed by atoms with van der Waals surface area (Å²) in [5.74, 6) is 0. The van der Waals surface area contributed by atoms with Gasteiger partial charge >= 0.3 is 0 Å². The Morgan fingerprint density at radius 1 is 1.31 bits per heavy atom. The molecule has 2 aromatic rings. The molecule has 3 nitrogen and oxygen atoms in total. The van der Waals surface area contributed by atoms with E-state index in [1.807, 2.05) is 24.3 Å². The number of hydrogen-bond donors (Lipinski definition) is 2. The van der Waals surface area contributed by atoms with E-state index in [-0.39, 0.29) is 0 Å². The molecule has 0 aliphatic rings. The molecular weight excluding hydrogens is 198 g/mol. The highest BCUT2D eigenvalue weighted by molar-refractivity contribution is 6.00. The largest absolute Gasteiger partial charge is 0.398 e. The van der Waals surface area contributed by atoms with Crippen molar-refractivity contribution in [2.45, 2.75) is 6.42 Å². The molecule has 0 aliphatic carbocycles. The topological polar surface area (TPSA) is 50.9 Å². The normalized spacial score (nSPS) is 10.2. The lowest BCUT2D eigenvalue weighted by Crippen LogP contribution is -2.01. The Balaban J connectivity index is 2.38. The quantitative estimate of drug-likeness (QED) is 0.466. The molecule has 0 spiro atoms. The number of benzene rings is 1. The van der Waals surface area contributed by atoms with E-state index in [1.54, 1.807) is 12.4 Å². The van der Waals surface area contributed by atoms with Crippen LogP contribution in [0.4, 0.5) is 11.4 Å². The highest BCUT2D eigenvalue weighted by Gasteiger charge is 2.02. The number of pyridine rings is 1. The number of hydrogen-bond acceptors (Lipinski definition) is 3. The lowest BCUT2D eigenvalue weighted by molar-refractivity contribution is 1.07. The molecule has 0 amide bonds. The number of nitrogen functional groups attached to an aromatic ring is 1. The minimum atomic E-state index is 0.761. The van der Waals surface area contributed by atoms with Gasteiger partial charge in [0.25, 0.3) is 0 Å². The van der Waals surface area contributed by atoms with Crippen molar-refractivity contribution < 1.29 is 0 Å². The second-order valence-corrected chi connectivity index (χ2v) is 3.63. The van der Waals surface area contributed by atoms with Crippen LogP contribution in [0.5, 0.6) is 0 Å². The van der Waals surface area contributed by atoms with Gasteiger partial charge in [0.15, 0.2) is 0 Å². The third-order valence-electron chi connectivity index (χ3n) is 2.52. The fraction of sp³-hybridized carbons (Fsp3) is 0.154. The van der Waals surface area contributed by atoms with E-state index >= 15 is 0 Å². The lowest BCUT2D eigenvalue weighted by Gasteiger charge is -2.10. The smallest absolute Gasteiger partial charge is 0.0422 e. The minimum Gasteiger partial charge on any atom is -0.398 e. The Kier molecular flexibility index (Phi) is 3.05. The lowest BCUT2D eigenvalue weighted by atomic mass is 10.1. The number of nitrogens with zero attached hydrogens (tertiary/aromatic N) is 1. The van der Waals surface area contributed by atoms with Gasteiger partial charge in [-0.1, -0.05) is 6.08 Å². The Morgan fingerprint density at radius 2 is 2.19 bits per heavy atom. The Hall–Kier alpha value is -2.03. The van der Waals surface area contributed by atoms with Crippen molar-refractivity contribution in [2.75, 3.05) is 17.6 Å². The van der Waals surface area contributed by atoms with Gasteiger partial charge in [-0.3, -0.25) is 4.98 Å². The first kappa shape index (κ1) is 10.5. The second kappa shape index (κ2) is 4.66. The van der Waals surface area contributed by atoms with Crippen LogP contribution in [0.15, 0.2) is 43.2 Å². The molecule has 16 heavy (non-hydrogen) atoms. The molecular formula is C13H15N3. The summed E-state index contributed by atoms with van der Waals surface area (Å²) in [6.07, 6.45) is 6.41. The number of aromatic nitrogens is 1. The fourth-order valence-corrected chi connectivity index (χ4v) is 1.68. The van der Waals surface area contributed by atoms with Gasteiger partial charge in [-0.15, -0.1) is 6.58 Å². The molecule has 0 atom stereocenters. The standard InChI is InChI=1S/C13H15N3/c1-2-3-7-16-13-5-4-12(14)11-9-15-8-6-10(11)13/h2,4-6,8-9,16H,1,3,7,14H2. The molecule has 1 aromatic heterocycles. The molecule has 0 radical (unpaired) electrons. The van der Waals surface area contributed by atoms with Gasteiger partial charge < -0.3 is 11.1 Å². The Morgan fingerprint density at radius 3 is 3.00 bits per heavy atom. The maximum Gasteiger partial charge on any atom is 0.0422 e. The maximum absolute atomic E-state index is 5.90. The van der Waals surface area contributed by atoms with Crippen LogP contribution in [-0.2, 0) is 0 Å². The van der Waals surface area contributed by atoms with E-state index in [9.17, 15) is 0 Å². The van der Waals surface area contributed by atoms with Crippen LogP contribution < -0.4 is 11.1 Å². The molecule has 0 aliphatic heterocycles. The van der Waals surface area contributed by atoms with Gasteiger partial charge in [-0.2, -0.15) is 0 Å². The monoisotopic (exact) mass is 213 g/mol. The average molecular weight is 213 g/mol. The van der Waals surface area contributed by atoms with Crippen molar-refractivity contribution in [3.05, 3.63) is 43.2 Å². The van der Waals surface area contributed by atoms with Crippen molar-refractivity contribution in [3.8, 4) is 0 Å². The Bertz CT molecular complexity index is 506. The number of nitrogens with two attached hydrogens (primary N) is 1. The van der Waals surface area contributed by atoms with Gasteiger partial charge in [-0.25, -0.2) is 0 Å². The number of nitrogens with one attached hydrogen (secondary N) is 1. The van der Waals surface area contributed by atoms with Crippen molar-refractivity contribution in [3.63, 3.8) is 0 Å². The van der Waals surface area contributed by atoms with Crippen molar-refractivity contribution in [2.24, 2.45) is 0 Å². The van der Waals surface area contributed by atoms with E-state index in [2.05, 4.69) is 16.9 Å². The predicted molar refractivity (Wildman–Crippen MR) is 69.5 cm³/mol. The molecule has 1 aromatic carbocycles. The van der Waals surface area contributed by atoms with Crippen molar-refractivity contribution >= 4 is 22.1 Å². The van der Waals surface area contributed by atoms with E-state index < -0.39 is 0 Å². The van der Waals surface area contributed by atoms with E-state index in [0.717, 1.165) is 35.1 Å². The summed E-state index contributed by atoms with van der Waals surface area (Å²) in [5, 5.41) is 5.46. The number of anilines is 2. The van der Waals surface area contributed by atoms with E-state index in [4.69, 9.17) is 5.73 Å². The first-order chi connectivity index (χ1) is 7.83. The van der Waals surface area contributed by atoms with Gasteiger partial charge in [0.05, 0.1) is 0 Å². The summed E-state index contributed by atoms with van der Waals surface area (Å²) < 4.78 is 0. The third-order valence-corrected chi connectivity index (χ3v) is 2.52. The summed E-state index contributed by atoms with van der Waals surface area (Å²) in [4.78, 5) is 4.09. The third kappa shape index (κ3) is 1.98. The molecule has 0 unspecified atom stereocenters. The van der Waals surface area contributed by atoms with Crippen LogP contribution in [0.1, 0.15) is 6.42 Å². The average Bonchev–Trinajstić information content (AvgIpc) is 2.33. The van der Waals surface area contributed by atoms with Crippen LogP contribution in [0.25, 0.3) is 10.8 Å². The molecule has 1 heterocycles. The Labute approximate surface area is 95.0 Å². The van der Waals surface area contributed by atoms with Gasteiger partial charge in [0.1, 0.15) is 0 Å². The highest BCUT2D eigenvalue weighted by atomic mass is 14.9. The van der Waals surface area contributed by atoms with Gasteiger partial charge in [0.2, 0.25) is 0 Å². The number of fused-ring (bicyclic) bond motifs is 1. The minimum absolute atomic E-state index is 0.761. The summed E-state index contributed by atoms with van der Waals surface area (Å²) in [6, 6.07) is 5.88. The van der Waals surface area contributed by atoms with Gasteiger partial charge in [-0.05, 0) is 24.6 Å². The SMILES string of the molecule is C=CCCNc1ccc(N)c2cnccc12. The summed E-state index contributed by atoms with van der Waals surface area (Å²) in [6.45, 7) is 4.58. The molecule has 0 fully saturated rings. The molecule has 3 N–H and O–H groups in total. The van der Waals surface area contributed by atoms with Crippen LogP contribution in [0.3, 0.4) is 0 Å². The van der Waals surface area contributed by atoms with E-state index in [1.165, 1.54) is 0 Å². The van der Waals surface area contributed by atoms with Crippen LogP contribution in [0, 0.1) is 0 Å². The zero-order valence-corrected chi connectivity index (χ0v) is 9.11. The van der Waals surface area contributed by atoms with Gasteiger partial charge in [0, 0.05) is 41.1 Å². The number of rotatable bonds is 4. The van der Waals surface area contributed by atoms with Crippen molar-refractivity contribution in [1.82, 2.24) is 4.98 Å². The van der Waals surface area contributed by atoms with Crippen LogP contribution in [-0.4, -0.2) is 11.5 Å². The molecule has 2 rings (SSSR count). The van der Waals surface area contributed by atoms with Crippen LogP contribution in [0.2, 0.25) is 0 Å².